The lowest BCUT2D eigenvalue weighted by molar-refractivity contribution is -0.147. The van der Waals surface area contributed by atoms with Gasteiger partial charge in [0.2, 0.25) is 5.91 Å². The average Bonchev–Trinajstić information content (AvgIpc) is 2.44. The Morgan fingerprint density at radius 2 is 2.30 bits per heavy atom. The first-order valence-electron chi connectivity index (χ1n) is 6.87. The molecule has 0 radical (unpaired) electrons. The smallest absolute Gasteiger partial charge is 0.223 e. The maximum Gasteiger partial charge on any atom is 0.223 e. The molecule has 1 aliphatic heterocycles. The first-order valence-corrected chi connectivity index (χ1v) is 7.66. The first-order chi connectivity index (χ1) is 9.58. The van der Waals surface area contributed by atoms with Crippen LogP contribution >= 0.6 is 15.9 Å². The largest absolute Gasteiger partial charge is 0.394 e. The average molecular weight is 342 g/mol. The third-order valence-electron chi connectivity index (χ3n) is 3.40. The van der Waals surface area contributed by atoms with Crippen molar-refractivity contribution in [1.82, 2.24) is 4.90 Å². The minimum absolute atomic E-state index is 0.0179. The van der Waals surface area contributed by atoms with E-state index < -0.39 is 0 Å². The fourth-order valence-electron chi connectivity index (χ4n) is 2.45. The quantitative estimate of drug-likeness (QED) is 0.911. The molecule has 0 aromatic heterocycles. The number of aliphatic hydroxyl groups is 1. The fraction of sp³-hybridized carbons (Fsp3) is 0.533. The summed E-state index contributed by atoms with van der Waals surface area (Å²) >= 11 is 3.43. The predicted molar refractivity (Wildman–Crippen MR) is 80.5 cm³/mol. The van der Waals surface area contributed by atoms with Crippen LogP contribution in [-0.4, -0.2) is 47.8 Å². The van der Waals surface area contributed by atoms with Crippen LogP contribution in [0.5, 0.6) is 0 Å². The topological polar surface area (TPSA) is 49.8 Å². The SMILES string of the molecule is CC1CN(C(=O)CCc2cccc(Br)c2)CC(CO)O1. The van der Waals surface area contributed by atoms with Gasteiger partial charge in [-0.1, -0.05) is 28.1 Å². The van der Waals surface area contributed by atoms with Crippen LogP contribution in [0.15, 0.2) is 28.7 Å². The standard InChI is InChI=1S/C15H20BrNO3/c1-11-8-17(9-14(10-18)20-11)15(19)6-5-12-3-2-4-13(16)7-12/h2-4,7,11,14,18H,5-6,8-10H2,1H3. The van der Waals surface area contributed by atoms with Crippen molar-refractivity contribution in [2.24, 2.45) is 0 Å². The fourth-order valence-corrected chi connectivity index (χ4v) is 2.90. The number of ether oxygens (including phenoxy) is 1. The van der Waals surface area contributed by atoms with Crippen molar-refractivity contribution in [1.29, 1.82) is 0 Å². The predicted octanol–water partition coefficient (Wildman–Crippen LogP) is 1.99. The molecule has 0 bridgehead atoms. The molecule has 1 fully saturated rings. The monoisotopic (exact) mass is 341 g/mol. The molecule has 4 nitrogen and oxygen atoms in total. The van der Waals surface area contributed by atoms with Gasteiger partial charge >= 0.3 is 0 Å². The zero-order valence-electron chi connectivity index (χ0n) is 11.6. The number of hydrogen-bond acceptors (Lipinski definition) is 3. The molecule has 0 saturated carbocycles. The Hall–Kier alpha value is -0.910. The van der Waals surface area contributed by atoms with E-state index >= 15 is 0 Å². The van der Waals surface area contributed by atoms with Gasteiger partial charge in [0.05, 0.1) is 18.8 Å². The van der Waals surface area contributed by atoms with E-state index in [1.54, 1.807) is 4.90 Å². The molecule has 1 saturated heterocycles. The molecule has 1 heterocycles. The number of carbonyl (C=O) groups is 1. The second-order valence-corrected chi connectivity index (χ2v) is 6.10. The molecule has 1 aromatic carbocycles. The van der Waals surface area contributed by atoms with Crippen molar-refractivity contribution in [2.75, 3.05) is 19.7 Å². The van der Waals surface area contributed by atoms with Gasteiger partial charge in [-0.25, -0.2) is 0 Å². The molecule has 2 unspecified atom stereocenters. The normalized spacial score (nSPS) is 22.9. The van der Waals surface area contributed by atoms with Crippen molar-refractivity contribution in [3.8, 4) is 0 Å². The van der Waals surface area contributed by atoms with Crippen LogP contribution < -0.4 is 0 Å². The molecule has 1 aromatic rings. The summed E-state index contributed by atoms with van der Waals surface area (Å²) in [6, 6.07) is 8.01. The molecule has 20 heavy (non-hydrogen) atoms. The van der Waals surface area contributed by atoms with Crippen molar-refractivity contribution in [2.45, 2.75) is 32.0 Å². The molecule has 0 spiro atoms. The van der Waals surface area contributed by atoms with Crippen LogP contribution in [0.3, 0.4) is 0 Å². The Morgan fingerprint density at radius 3 is 3.00 bits per heavy atom. The Labute approximate surface area is 127 Å². The zero-order chi connectivity index (χ0) is 14.5. The Bertz CT molecular complexity index is 466. The number of benzene rings is 1. The molecular weight excluding hydrogens is 322 g/mol. The van der Waals surface area contributed by atoms with Crippen LogP contribution in [0, 0.1) is 0 Å². The van der Waals surface area contributed by atoms with Crippen molar-refractivity contribution in [3.05, 3.63) is 34.3 Å². The van der Waals surface area contributed by atoms with Crippen LogP contribution in [-0.2, 0) is 16.0 Å². The summed E-state index contributed by atoms with van der Waals surface area (Å²) in [5.41, 5.74) is 1.15. The van der Waals surface area contributed by atoms with E-state index in [0.29, 0.717) is 19.5 Å². The summed E-state index contributed by atoms with van der Waals surface area (Å²) in [5, 5.41) is 9.18. The highest BCUT2D eigenvalue weighted by Gasteiger charge is 2.27. The Kier molecular flexibility index (Phi) is 5.57. The third-order valence-corrected chi connectivity index (χ3v) is 3.89. The second-order valence-electron chi connectivity index (χ2n) is 5.18. The van der Waals surface area contributed by atoms with Crippen LogP contribution in [0.2, 0.25) is 0 Å². The van der Waals surface area contributed by atoms with Gasteiger partial charge in [-0.15, -0.1) is 0 Å². The number of hydrogen-bond donors (Lipinski definition) is 1. The number of nitrogens with zero attached hydrogens (tertiary/aromatic N) is 1. The summed E-state index contributed by atoms with van der Waals surface area (Å²) in [6.07, 6.45) is 0.944. The van der Waals surface area contributed by atoms with E-state index in [4.69, 9.17) is 4.74 Å². The lowest BCUT2D eigenvalue weighted by Gasteiger charge is -2.36. The van der Waals surface area contributed by atoms with E-state index in [1.807, 2.05) is 31.2 Å². The Balaban J connectivity index is 1.88. The summed E-state index contributed by atoms with van der Waals surface area (Å²) in [6.45, 7) is 2.97. The van der Waals surface area contributed by atoms with E-state index in [1.165, 1.54) is 0 Å². The van der Waals surface area contributed by atoms with Crippen molar-refractivity contribution < 1.29 is 14.6 Å². The minimum Gasteiger partial charge on any atom is -0.394 e. The highest BCUT2D eigenvalue weighted by molar-refractivity contribution is 9.10. The molecule has 5 heteroatoms. The first kappa shape index (κ1) is 15.5. The molecule has 1 amide bonds. The summed E-state index contributed by atoms with van der Waals surface area (Å²) < 4.78 is 6.57. The van der Waals surface area contributed by atoms with Gasteiger partial charge in [-0.3, -0.25) is 4.79 Å². The third kappa shape index (κ3) is 4.30. The minimum atomic E-state index is -0.256. The van der Waals surface area contributed by atoms with Gasteiger partial charge < -0.3 is 14.7 Å². The lowest BCUT2D eigenvalue weighted by atomic mass is 10.1. The number of aliphatic hydroxyl groups excluding tert-OH is 1. The lowest BCUT2D eigenvalue weighted by Crippen LogP contribution is -2.50. The van der Waals surface area contributed by atoms with Gasteiger partial charge in [0, 0.05) is 24.0 Å². The van der Waals surface area contributed by atoms with E-state index in [-0.39, 0.29) is 24.7 Å². The van der Waals surface area contributed by atoms with Gasteiger partial charge in [-0.2, -0.15) is 0 Å². The molecule has 110 valence electrons. The zero-order valence-corrected chi connectivity index (χ0v) is 13.2. The van der Waals surface area contributed by atoms with Gasteiger partial charge in [0.25, 0.3) is 0 Å². The molecule has 2 atom stereocenters. The molecule has 1 N–H and O–H groups in total. The van der Waals surface area contributed by atoms with Gasteiger partial charge in [0.15, 0.2) is 0 Å². The highest BCUT2D eigenvalue weighted by Crippen LogP contribution is 2.15. The van der Waals surface area contributed by atoms with Crippen LogP contribution in [0.1, 0.15) is 18.9 Å². The molecule has 0 aliphatic carbocycles. The summed E-state index contributed by atoms with van der Waals surface area (Å²) in [5.74, 6) is 0.124. The number of amides is 1. The van der Waals surface area contributed by atoms with Crippen LogP contribution in [0.4, 0.5) is 0 Å². The molecular formula is C15H20BrNO3. The van der Waals surface area contributed by atoms with E-state index in [2.05, 4.69) is 15.9 Å². The number of halogens is 1. The maximum absolute atomic E-state index is 12.2. The summed E-state index contributed by atoms with van der Waals surface area (Å²) in [7, 11) is 0. The number of rotatable bonds is 4. The summed E-state index contributed by atoms with van der Waals surface area (Å²) in [4.78, 5) is 14.0. The number of carbonyl (C=O) groups excluding carboxylic acids is 1. The second kappa shape index (κ2) is 7.20. The Morgan fingerprint density at radius 1 is 1.50 bits per heavy atom. The molecule has 1 aliphatic rings. The van der Waals surface area contributed by atoms with Gasteiger partial charge in [-0.05, 0) is 31.0 Å². The molecule has 2 rings (SSSR count). The van der Waals surface area contributed by atoms with Crippen molar-refractivity contribution >= 4 is 21.8 Å². The maximum atomic E-state index is 12.2. The van der Waals surface area contributed by atoms with Crippen molar-refractivity contribution in [3.63, 3.8) is 0 Å². The highest BCUT2D eigenvalue weighted by atomic mass is 79.9. The van der Waals surface area contributed by atoms with Crippen LogP contribution in [0.25, 0.3) is 0 Å². The van der Waals surface area contributed by atoms with E-state index in [0.717, 1.165) is 16.5 Å². The number of aryl methyl sites for hydroxylation is 1. The van der Waals surface area contributed by atoms with Gasteiger partial charge in [0.1, 0.15) is 0 Å². The number of morpholine rings is 1. The van der Waals surface area contributed by atoms with E-state index in [9.17, 15) is 9.90 Å².